The first-order valence-corrected chi connectivity index (χ1v) is 12.5. The molecule has 7 nitrogen and oxygen atoms in total. The van der Waals surface area contributed by atoms with Crippen LogP contribution in [0.4, 0.5) is 18.0 Å². The Hall–Kier alpha value is -3.82. The molecule has 0 saturated carbocycles. The summed E-state index contributed by atoms with van der Waals surface area (Å²) in [5.74, 6) is -0.963. The van der Waals surface area contributed by atoms with Crippen LogP contribution in [0.15, 0.2) is 65.9 Å². The van der Waals surface area contributed by atoms with E-state index in [4.69, 9.17) is 0 Å². The van der Waals surface area contributed by atoms with Gasteiger partial charge in [0.05, 0.1) is 29.4 Å². The van der Waals surface area contributed by atoms with Gasteiger partial charge in [-0.05, 0) is 44.9 Å². The van der Waals surface area contributed by atoms with Gasteiger partial charge in [0.15, 0.2) is 0 Å². The second kappa shape index (κ2) is 10.2. The Kier molecular flexibility index (Phi) is 7.27. The maximum Gasteiger partial charge on any atom is 0.416 e. The number of hydrogen-bond acceptors (Lipinski definition) is 3. The minimum atomic E-state index is -4.69. The Morgan fingerprint density at radius 3 is 2.29 bits per heavy atom. The molecule has 0 radical (unpaired) electrons. The lowest BCUT2D eigenvalue weighted by molar-refractivity contribution is -0.139. The summed E-state index contributed by atoms with van der Waals surface area (Å²) >= 11 is 0. The minimum Gasteiger partial charge on any atom is -0.350 e. The number of likely N-dealkylation sites (N-methyl/N-ethyl adjacent to an activating group) is 1. The van der Waals surface area contributed by atoms with Gasteiger partial charge in [0.2, 0.25) is 5.91 Å². The number of benzene rings is 2. The van der Waals surface area contributed by atoms with Crippen molar-refractivity contribution < 1.29 is 27.6 Å². The molecule has 202 valence electrons. The molecule has 10 heteroatoms. The topological polar surface area (TPSA) is 81.8 Å². The normalized spacial score (nSPS) is 18.9. The van der Waals surface area contributed by atoms with Crippen LogP contribution < -0.4 is 10.6 Å². The Balaban J connectivity index is 1.78. The van der Waals surface area contributed by atoms with Crippen molar-refractivity contribution in [2.75, 3.05) is 13.1 Å². The van der Waals surface area contributed by atoms with Crippen molar-refractivity contribution in [3.63, 3.8) is 0 Å². The summed E-state index contributed by atoms with van der Waals surface area (Å²) in [5.41, 5.74) is -0.553. The standard InChI is InChI=1S/C28H31F3N4O3/c1-5-34-21-16-35(20(24(36)33-27(2,3)4)15-17-11-7-6-8-12-17)25(37)22(21)23(32-26(34)38)18-13-9-10-14-19(18)28(29,30)31/h6-14,20,23H,5,15-16H2,1-4H3,(H,32,38)(H,33,36)/t20-,23-/m1/s1. The van der Waals surface area contributed by atoms with E-state index in [2.05, 4.69) is 10.6 Å². The molecular formula is C28H31F3N4O3. The minimum absolute atomic E-state index is 0.0461. The van der Waals surface area contributed by atoms with Gasteiger partial charge in [0.1, 0.15) is 6.04 Å². The Morgan fingerprint density at radius 1 is 1.05 bits per heavy atom. The van der Waals surface area contributed by atoms with Crippen molar-refractivity contribution in [3.8, 4) is 0 Å². The highest BCUT2D eigenvalue weighted by Gasteiger charge is 2.48. The lowest BCUT2D eigenvalue weighted by Gasteiger charge is -2.33. The summed E-state index contributed by atoms with van der Waals surface area (Å²) < 4.78 is 41.7. The first-order chi connectivity index (χ1) is 17.8. The Morgan fingerprint density at radius 2 is 1.68 bits per heavy atom. The number of hydrogen-bond donors (Lipinski definition) is 2. The number of carbonyl (C=O) groups is 3. The number of urea groups is 1. The number of rotatable bonds is 6. The van der Waals surface area contributed by atoms with E-state index in [0.717, 1.165) is 11.6 Å². The predicted octanol–water partition coefficient (Wildman–Crippen LogP) is 4.41. The third kappa shape index (κ3) is 5.39. The van der Waals surface area contributed by atoms with E-state index in [1.54, 1.807) is 6.92 Å². The van der Waals surface area contributed by atoms with Crippen molar-refractivity contribution >= 4 is 17.8 Å². The van der Waals surface area contributed by atoms with Crippen LogP contribution in [0.2, 0.25) is 0 Å². The Labute approximate surface area is 219 Å². The smallest absolute Gasteiger partial charge is 0.350 e. The zero-order chi connectivity index (χ0) is 27.8. The summed E-state index contributed by atoms with van der Waals surface area (Å²) in [4.78, 5) is 43.2. The maximum atomic E-state index is 14.0. The molecule has 38 heavy (non-hydrogen) atoms. The van der Waals surface area contributed by atoms with Gasteiger partial charge in [-0.3, -0.25) is 14.5 Å². The number of nitrogens with one attached hydrogen (secondary N) is 2. The number of carbonyl (C=O) groups excluding carboxylic acids is 3. The summed E-state index contributed by atoms with van der Waals surface area (Å²) in [6.45, 7) is 7.32. The van der Waals surface area contributed by atoms with Crippen LogP contribution in [0.1, 0.15) is 50.4 Å². The van der Waals surface area contributed by atoms with Crippen molar-refractivity contribution in [2.45, 2.75) is 57.9 Å². The zero-order valence-electron chi connectivity index (χ0n) is 21.7. The second-order valence-corrected chi connectivity index (χ2v) is 10.4. The monoisotopic (exact) mass is 528 g/mol. The lowest BCUT2D eigenvalue weighted by Crippen LogP contribution is -2.54. The quantitative estimate of drug-likeness (QED) is 0.583. The molecule has 2 aliphatic rings. The Bertz CT molecular complexity index is 1270. The van der Waals surface area contributed by atoms with E-state index in [1.165, 1.54) is 28.0 Å². The molecule has 0 spiro atoms. The summed E-state index contributed by atoms with van der Waals surface area (Å²) in [7, 11) is 0. The van der Waals surface area contributed by atoms with E-state index in [1.807, 2.05) is 51.1 Å². The average molecular weight is 529 g/mol. The first-order valence-electron chi connectivity index (χ1n) is 12.5. The lowest BCUT2D eigenvalue weighted by atomic mass is 9.91. The van der Waals surface area contributed by atoms with Gasteiger partial charge in [-0.2, -0.15) is 13.2 Å². The van der Waals surface area contributed by atoms with Crippen LogP contribution in [0, 0.1) is 0 Å². The van der Waals surface area contributed by atoms with Gasteiger partial charge in [0, 0.05) is 18.5 Å². The van der Waals surface area contributed by atoms with E-state index < -0.39 is 41.3 Å². The highest BCUT2D eigenvalue weighted by molar-refractivity contribution is 6.03. The zero-order valence-corrected chi connectivity index (χ0v) is 21.7. The molecule has 0 aromatic heterocycles. The van der Waals surface area contributed by atoms with Gasteiger partial charge in [-0.1, -0.05) is 48.5 Å². The third-order valence-electron chi connectivity index (χ3n) is 6.59. The van der Waals surface area contributed by atoms with Gasteiger partial charge < -0.3 is 15.5 Å². The molecular weight excluding hydrogens is 497 g/mol. The van der Waals surface area contributed by atoms with Crippen molar-refractivity contribution in [1.82, 2.24) is 20.4 Å². The predicted molar refractivity (Wildman–Crippen MR) is 136 cm³/mol. The van der Waals surface area contributed by atoms with Gasteiger partial charge >= 0.3 is 12.2 Å². The van der Waals surface area contributed by atoms with Crippen molar-refractivity contribution in [2.24, 2.45) is 0 Å². The SMILES string of the molecule is CCN1C(=O)N[C@H](c2ccccc2C(F)(F)F)C2=C1CN([C@H](Cc1ccccc1)C(=O)NC(C)(C)C)C2=O. The summed E-state index contributed by atoms with van der Waals surface area (Å²) in [6.07, 6.45) is -4.49. The highest BCUT2D eigenvalue weighted by atomic mass is 19.4. The van der Waals surface area contributed by atoms with Crippen molar-refractivity contribution in [3.05, 3.63) is 82.6 Å². The van der Waals surface area contributed by atoms with E-state index in [9.17, 15) is 27.6 Å². The van der Waals surface area contributed by atoms with Crippen LogP contribution in [0.3, 0.4) is 0 Å². The molecule has 2 N–H and O–H groups in total. The molecule has 4 amide bonds. The van der Waals surface area contributed by atoms with E-state index in [-0.39, 0.29) is 36.6 Å². The van der Waals surface area contributed by atoms with Crippen LogP contribution >= 0.6 is 0 Å². The van der Waals surface area contributed by atoms with Gasteiger partial charge in [-0.15, -0.1) is 0 Å². The average Bonchev–Trinajstić information content (AvgIpc) is 3.17. The highest BCUT2D eigenvalue weighted by Crippen LogP contribution is 2.42. The number of halogens is 3. The molecule has 2 atom stereocenters. The van der Waals surface area contributed by atoms with Crippen LogP contribution in [-0.4, -0.2) is 52.3 Å². The third-order valence-corrected chi connectivity index (χ3v) is 6.59. The molecule has 2 heterocycles. The molecule has 0 bridgehead atoms. The first kappa shape index (κ1) is 27.2. The van der Waals surface area contributed by atoms with Crippen LogP contribution in [0.5, 0.6) is 0 Å². The largest absolute Gasteiger partial charge is 0.416 e. The van der Waals surface area contributed by atoms with Crippen molar-refractivity contribution in [1.29, 1.82) is 0 Å². The summed E-state index contributed by atoms with van der Waals surface area (Å²) in [6, 6.07) is 11.2. The molecule has 0 fully saturated rings. The van der Waals surface area contributed by atoms with E-state index in [0.29, 0.717) is 5.70 Å². The van der Waals surface area contributed by atoms with E-state index >= 15 is 0 Å². The molecule has 0 aliphatic carbocycles. The molecule has 0 unspecified atom stereocenters. The molecule has 2 aromatic carbocycles. The van der Waals surface area contributed by atoms with Gasteiger partial charge in [0.25, 0.3) is 5.91 Å². The molecule has 0 saturated heterocycles. The molecule has 2 aromatic rings. The second-order valence-electron chi connectivity index (χ2n) is 10.4. The van der Waals surface area contributed by atoms with Crippen LogP contribution in [-0.2, 0) is 22.2 Å². The maximum absolute atomic E-state index is 14.0. The number of alkyl halides is 3. The fraction of sp³-hybridized carbons (Fsp3) is 0.393. The fourth-order valence-electron chi connectivity index (χ4n) is 4.97. The number of amides is 4. The molecule has 4 rings (SSSR count). The van der Waals surface area contributed by atoms with Gasteiger partial charge in [-0.25, -0.2) is 4.79 Å². The summed E-state index contributed by atoms with van der Waals surface area (Å²) in [5, 5.41) is 5.53. The molecule has 2 aliphatic heterocycles. The fourth-order valence-corrected chi connectivity index (χ4v) is 4.97. The van der Waals surface area contributed by atoms with Crippen LogP contribution in [0.25, 0.3) is 0 Å². The number of nitrogens with zero attached hydrogens (tertiary/aromatic N) is 2.